The van der Waals surface area contributed by atoms with Gasteiger partial charge < -0.3 is 9.73 Å². The Morgan fingerprint density at radius 2 is 2.00 bits per heavy atom. The largest absolute Gasteiger partial charge is 0.451 e. The van der Waals surface area contributed by atoms with Crippen molar-refractivity contribution in [2.45, 2.75) is 18.9 Å². The summed E-state index contributed by atoms with van der Waals surface area (Å²) in [6.07, 6.45) is 0. The Morgan fingerprint density at radius 1 is 1.19 bits per heavy atom. The zero-order valence-electron chi connectivity index (χ0n) is 14.7. The molecule has 7 heteroatoms. The van der Waals surface area contributed by atoms with Crippen molar-refractivity contribution < 1.29 is 9.21 Å². The van der Waals surface area contributed by atoms with Crippen LogP contribution in [0.15, 0.2) is 51.9 Å². The first-order chi connectivity index (χ1) is 13.0. The van der Waals surface area contributed by atoms with Gasteiger partial charge in [0.1, 0.15) is 22.0 Å². The Balaban J connectivity index is 1.58. The summed E-state index contributed by atoms with van der Waals surface area (Å²) in [5.74, 6) is 0.711. The summed E-state index contributed by atoms with van der Waals surface area (Å²) in [6.45, 7) is 3.76. The average molecular weight is 398 g/mol. The number of nitrogens with one attached hydrogen (secondary N) is 1. The van der Waals surface area contributed by atoms with E-state index in [1.54, 1.807) is 12.1 Å². The molecule has 136 valence electrons. The number of nitrogens with zero attached hydrogens (tertiary/aromatic N) is 2. The molecule has 0 bridgehead atoms. The van der Waals surface area contributed by atoms with Crippen molar-refractivity contribution in [2.75, 3.05) is 11.1 Å². The number of benzene rings is 2. The van der Waals surface area contributed by atoms with Gasteiger partial charge in [-0.1, -0.05) is 41.6 Å². The van der Waals surface area contributed by atoms with Crippen molar-refractivity contribution in [3.63, 3.8) is 0 Å². The molecule has 2 aromatic carbocycles. The number of halogens is 1. The van der Waals surface area contributed by atoms with Crippen molar-refractivity contribution in [2.24, 2.45) is 0 Å². The molecule has 0 saturated heterocycles. The number of hydrogen-bond acceptors (Lipinski definition) is 5. The Bertz CT molecular complexity index is 1170. The van der Waals surface area contributed by atoms with E-state index in [9.17, 15) is 4.79 Å². The third-order valence-electron chi connectivity index (χ3n) is 4.11. The Labute approximate surface area is 165 Å². The van der Waals surface area contributed by atoms with E-state index < -0.39 is 0 Å². The second-order valence-corrected chi connectivity index (χ2v) is 7.55. The van der Waals surface area contributed by atoms with Crippen molar-refractivity contribution in [1.82, 2.24) is 9.97 Å². The summed E-state index contributed by atoms with van der Waals surface area (Å²) in [4.78, 5) is 21.4. The Hall–Kier alpha value is -2.57. The molecule has 0 radical (unpaired) electrons. The molecule has 0 aliphatic heterocycles. The summed E-state index contributed by atoms with van der Waals surface area (Å²) >= 11 is 7.34. The fourth-order valence-corrected chi connectivity index (χ4v) is 3.80. The van der Waals surface area contributed by atoms with Crippen LogP contribution in [-0.4, -0.2) is 21.6 Å². The van der Waals surface area contributed by atoms with Gasteiger partial charge in [-0.15, -0.1) is 0 Å². The number of anilines is 1. The van der Waals surface area contributed by atoms with Gasteiger partial charge in [0.05, 0.1) is 5.75 Å². The number of carbonyl (C=O) groups excluding carboxylic acids is 1. The van der Waals surface area contributed by atoms with E-state index >= 15 is 0 Å². The van der Waals surface area contributed by atoms with Crippen LogP contribution in [0.25, 0.3) is 22.1 Å². The van der Waals surface area contributed by atoms with Crippen molar-refractivity contribution in [3.05, 3.63) is 58.9 Å². The van der Waals surface area contributed by atoms with E-state index in [2.05, 4.69) is 15.3 Å². The highest BCUT2D eigenvalue weighted by atomic mass is 35.5. The Kier molecular flexibility index (Phi) is 4.76. The molecule has 5 nitrogen and oxygen atoms in total. The highest BCUT2D eigenvalue weighted by Crippen LogP contribution is 2.33. The zero-order chi connectivity index (χ0) is 19.0. The number of hydrogen-bond donors (Lipinski definition) is 1. The smallest absolute Gasteiger partial charge is 0.234 e. The monoisotopic (exact) mass is 397 g/mol. The van der Waals surface area contributed by atoms with Gasteiger partial charge in [0, 0.05) is 16.1 Å². The molecular formula is C20H16ClN3O2S. The summed E-state index contributed by atoms with van der Waals surface area (Å²) in [5, 5.41) is 5.08. The molecule has 0 atom stereocenters. The number of furan rings is 1. The number of rotatable bonds is 4. The lowest BCUT2D eigenvalue weighted by Crippen LogP contribution is -2.15. The summed E-state index contributed by atoms with van der Waals surface area (Å²) in [5.41, 5.74) is 3.80. The number of amides is 1. The molecule has 2 aromatic heterocycles. The molecule has 1 N–H and O–H groups in total. The normalized spacial score (nSPS) is 11.2. The fourth-order valence-electron chi connectivity index (χ4n) is 2.82. The lowest BCUT2D eigenvalue weighted by Gasteiger charge is -2.08. The number of aryl methyl sites for hydroxylation is 2. The molecule has 0 fully saturated rings. The fraction of sp³-hybridized carbons (Fsp3) is 0.150. The molecule has 1 amide bonds. The third-order valence-corrected chi connectivity index (χ3v) is 5.31. The molecule has 27 heavy (non-hydrogen) atoms. The van der Waals surface area contributed by atoms with Crippen molar-refractivity contribution in [1.29, 1.82) is 0 Å². The number of para-hydroxylation sites is 1. The maximum Gasteiger partial charge on any atom is 0.234 e. The first-order valence-corrected chi connectivity index (χ1v) is 9.72. The van der Waals surface area contributed by atoms with E-state index in [1.807, 2.05) is 44.2 Å². The van der Waals surface area contributed by atoms with Crippen LogP contribution in [0.2, 0.25) is 5.02 Å². The topological polar surface area (TPSA) is 68.0 Å². The first-order valence-electron chi connectivity index (χ1n) is 8.36. The number of fused-ring (bicyclic) bond motifs is 3. The maximum atomic E-state index is 12.4. The summed E-state index contributed by atoms with van der Waals surface area (Å²) in [7, 11) is 0. The van der Waals surface area contributed by atoms with Crippen LogP contribution >= 0.6 is 23.4 Å². The lowest BCUT2D eigenvalue weighted by atomic mass is 10.2. The highest BCUT2D eigenvalue weighted by molar-refractivity contribution is 8.00. The molecule has 0 aliphatic rings. The van der Waals surface area contributed by atoms with E-state index in [4.69, 9.17) is 16.0 Å². The second kappa shape index (κ2) is 7.21. The van der Waals surface area contributed by atoms with Gasteiger partial charge in [0.25, 0.3) is 0 Å². The van der Waals surface area contributed by atoms with Crippen LogP contribution in [0.3, 0.4) is 0 Å². The standard InChI is InChI=1S/C20H16ClN3O2S/c1-11-7-8-13(21)9-15(11)24-17(25)10-27-20-19-18(22-12(2)23-20)14-5-3-4-6-16(14)26-19/h3-9H,10H2,1-2H3,(H,24,25). The number of thioether (sulfide) groups is 1. The average Bonchev–Trinajstić information content (AvgIpc) is 3.01. The Morgan fingerprint density at radius 3 is 2.85 bits per heavy atom. The molecule has 2 heterocycles. The minimum Gasteiger partial charge on any atom is -0.451 e. The van der Waals surface area contributed by atoms with Gasteiger partial charge in [-0.2, -0.15) is 0 Å². The minimum absolute atomic E-state index is 0.133. The summed E-state index contributed by atoms with van der Waals surface area (Å²) < 4.78 is 5.93. The van der Waals surface area contributed by atoms with Gasteiger partial charge >= 0.3 is 0 Å². The third kappa shape index (κ3) is 3.63. The van der Waals surface area contributed by atoms with E-state index in [1.165, 1.54) is 11.8 Å². The van der Waals surface area contributed by atoms with Gasteiger partial charge in [0.15, 0.2) is 5.58 Å². The van der Waals surface area contributed by atoms with Crippen LogP contribution in [0.5, 0.6) is 0 Å². The molecule has 0 saturated carbocycles. The maximum absolute atomic E-state index is 12.4. The highest BCUT2D eigenvalue weighted by Gasteiger charge is 2.16. The van der Waals surface area contributed by atoms with Crippen molar-refractivity contribution in [3.8, 4) is 0 Å². The number of aromatic nitrogens is 2. The molecular weight excluding hydrogens is 382 g/mol. The van der Waals surface area contributed by atoms with Gasteiger partial charge in [-0.05, 0) is 43.7 Å². The van der Waals surface area contributed by atoms with Gasteiger partial charge in [0.2, 0.25) is 5.91 Å². The molecule has 0 aliphatic carbocycles. The molecule has 4 aromatic rings. The second-order valence-electron chi connectivity index (χ2n) is 6.15. The van der Waals surface area contributed by atoms with Crippen LogP contribution in [0.1, 0.15) is 11.4 Å². The predicted octanol–water partition coefficient (Wildman–Crippen LogP) is 5.38. The zero-order valence-corrected chi connectivity index (χ0v) is 16.3. The predicted molar refractivity (Wildman–Crippen MR) is 110 cm³/mol. The quantitative estimate of drug-likeness (QED) is 0.370. The SMILES string of the molecule is Cc1nc(SCC(=O)Nc2cc(Cl)ccc2C)c2oc3ccccc3c2n1. The molecule has 0 spiro atoms. The van der Waals surface area contributed by atoms with E-state index in [0.717, 1.165) is 22.0 Å². The summed E-state index contributed by atoms with van der Waals surface area (Å²) in [6, 6.07) is 13.1. The van der Waals surface area contributed by atoms with Crippen LogP contribution in [0.4, 0.5) is 5.69 Å². The van der Waals surface area contributed by atoms with E-state index in [-0.39, 0.29) is 11.7 Å². The van der Waals surface area contributed by atoms with Crippen LogP contribution < -0.4 is 5.32 Å². The van der Waals surface area contributed by atoms with Crippen LogP contribution in [0, 0.1) is 13.8 Å². The van der Waals surface area contributed by atoms with Gasteiger partial charge in [-0.3, -0.25) is 4.79 Å². The first kappa shape index (κ1) is 17.8. The van der Waals surface area contributed by atoms with Crippen molar-refractivity contribution >= 4 is 57.0 Å². The molecule has 4 rings (SSSR count). The molecule has 0 unspecified atom stereocenters. The number of carbonyl (C=O) groups is 1. The van der Waals surface area contributed by atoms with Crippen LogP contribution in [-0.2, 0) is 4.79 Å². The lowest BCUT2D eigenvalue weighted by molar-refractivity contribution is -0.113. The van der Waals surface area contributed by atoms with E-state index in [0.29, 0.717) is 27.1 Å². The van der Waals surface area contributed by atoms with Gasteiger partial charge in [-0.25, -0.2) is 9.97 Å². The minimum atomic E-state index is -0.133.